The second-order valence-electron chi connectivity index (χ2n) is 4.61. The van der Waals surface area contributed by atoms with Crippen molar-refractivity contribution >= 4 is 23.6 Å². The Morgan fingerprint density at radius 2 is 2.28 bits per heavy atom. The Balaban J connectivity index is 1.88. The summed E-state index contributed by atoms with van der Waals surface area (Å²) in [6.07, 6.45) is 5.11. The first-order valence-electron chi connectivity index (χ1n) is 5.84. The standard InChI is InChI=1S/C11H13N3O3S/c15-9(7-3-12-13-4-7)14-8(11(16)17)5-18-10(14)6-1-2-6/h3-4,6,8,10H,1-2,5H2,(H,12,13)(H,16,17). The predicted molar refractivity (Wildman–Crippen MR) is 65.2 cm³/mol. The molecule has 2 fully saturated rings. The molecule has 18 heavy (non-hydrogen) atoms. The molecule has 0 radical (unpaired) electrons. The predicted octanol–water partition coefficient (Wildman–Crippen LogP) is 0.788. The number of aliphatic carboxylic acids is 1. The topological polar surface area (TPSA) is 86.3 Å². The van der Waals surface area contributed by atoms with Crippen LogP contribution < -0.4 is 0 Å². The number of carbonyl (C=O) groups excluding carboxylic acids is 1. The number of nitrogens with zero attached hydrogens (tertiary/aromatic N) is 2. The molecule has 1 aliphatic carbocycles. The molecule has 2 N–H and O–H groups in total. The third-order valence-corrected chi connectivity index (χ3v) is 4.79. The molecule has 6 nitrogen and oxygen atoms in total. The van der Waals surface area contributed by atoms with Crippen molar-refractivity contribution in [2.45, 2.75) is 24.3 Å². The summed E-state index contributed by atoms with van der Waals surface area (Å²) >= 11 is 1.58. The second-order valence-corrected chi connectivity index (χ2v) is 5.76. The number of amides is 1. The number of aromatic amines is 1. The quantitative estimate of drug-likeness (QED) is 0.845. The van der Waals surface area contributed by atoms with E-state index < -0.39 is 12.0 Å². The Morgan fingerprint density at radius 3 is 2.83 bits per heavy atom. The minimum Gasteiger partial charge on any atom is -0.480 e. The molecule has 1 saturated carbocycles. The van der Waals surface area contributed by atoms with E-state index in [1.807, 2.05) is 0 Å². The molecule has 0 bridgehead atoms. The van der Waals surface area contributed by atoms with Crippen molar-refractivity contribution in [3.8, 4) is 0 Å². The number of carbonyl (C=O) groups is 2. The largest absolute Gasteiger partial charge is 0.480 e. The summed E-state index contributed by atoms with van der Waals surface area (Å²) in [6.45, 7) is 0. The van der Waals surface area contributed by atoms with E-state index in [4.69, 9.17) is 0 Å². The van der Waals surface area contributed by atoms with E-state index in [2.05, 4.69) is 10.2 Å². The number of carboxylic acid groups (broad SMARTS) is 1. The van der Waals surface area contributed by atoms with E-state index >= 15 is 0 Å². The van der Waals surface area contributed by atoms with Crippen molar-refractivity contribution in [1.29, 1.82) is 0 Å². The van der Waals surface area contributed by atoms with Gasteiger partial charge in [-0.3, -0.25) is 9.89 Å². The molecule has 1 aromatic heterocycles. The number of nitrogens with one attached hydrogen (secondary N) is 1. The molecular formula is C11H13N3O3S. The fraction of sp³-hybridized carbons (Fsp3) is 0.545. The van der Waals surface area contributed by atoms with Crippen LogP contribution in [0.1, 0.15) is 23.2 Å². The molecule has 1 amide bonds. The van der Waals surface area contributed by atoms with E-state index in [0.717, 1.165) is 12.8 Å². The van der Waals surface area contributed by atoms with Crippen LogP contribution in [-0.4, -0.2) is 49.2 Å². The number of hydrogen-bond donors (Lipinski definition) is 2. The molecule has 3 rings (SSSR count). The van der Waals surface area contributed by atoms with Gasteiger partial charge in [0.2, 0.25) is 0 Å². The zero-order valence-electron chi connectivity index (χ0n) is 9.57. The minimum atomic E-state index is -0.928. The van der Waals surface area contributed by atoms with Crippen molar-refractivity contribution in [3.63, 3.8) is 0 Å². The number of rotatable bonds is 3. The van der Waals surface area contributed by atoms with Crippen LogP contribution in [0.25, 0.3) is 0 Å². The van der Waals surface area contributed by atoms with Crippen molar-refractivity contribution < 1.29 is 14.7 Å². The summed E-state index contributed by atoms with van der Waals surface area (Å²) in [5, 5.41) is 15.6. The second kappa shape index (κ2) is 4.31. The van der Waals surface area contributed by atoms with Crippen LogP contribution in [0.3, 0.4) is 0 Å². The summed E-state index contributed by atoms with van der Waals surface area (Å²) in [5.74, 6) is -0.240. The van der Waals surface area contributed by atoms with Gasteiger partial charge in [-0.15, -0.1) is 11.8 Å². The summed E-state index contributed by atoms with van der Waals surface area (Å²) in [4.78, 5) is 25.1. The smallest absolute Gasteiger partial charge is 0.327 e. The Hall–Kier alpha value is -1.50. The lowest BCUT2D eigenvalue weighted by Crippen LogP contribution is -2.46. The number of aromatic nitrogens is 2. The van der Waals surface area contributed by atoms with Gasteiger partial charge in [0, 0.05) is 11.9 Å². The Labute approximate surface area is 108 Å². The fourth-order valence-corrected chi connectivity index (χ4v) is 3.87. The van der Waals surface area contributed by atoms with Crippen LogP contribution in [0.4, 0.5) is 0 Å². The lowest BCUT2D eigenvalue weighted by atomic mass is 10.2. The highest BCUT2D eigenvalue weighted by Crippen LogP contribution is 2.45. The van der Waals surface area contributed by atoms with Gasteiger partial charge < -0.3 is 10.0 Å². The first kappa shape index (κ1) is 11.6. The lowest BCUT2D eigenvalue weighted by molar-refractivity contribution is -0.141. The molecule has 0 aromatic carbocycles. The molecular weight excluding hydrogens is 254 g/mol. The highest BCUT2D eigenvalue weighted by Gasteiger charge is 2.48. The van der Waals surface area contributed by atoms with Crippen LogP contribution in [0, 0.1) is 5.92 Å². The summed E-state index contributed by atoms with van der Waals surface area (Å²) in [7, 11) is 0. The first-order chi connectivity index (χ1) is 8.68. The monoisotopic (exact) mass is 267 g/mol. The van der Waals surface area contributed by atoms with Crippen molar-refractivity contribution in [1.82, 2.24) is 15.1 Å². The third kappa shape index (κ3) is 1.88. The third-order valence-electron chi connectivity index (χ3n) is 3.32. The van der Waals surface area contributed by atoms with E-state index in [-0.39, 0.29) is 11.3 Å². The summed E-state index contributed by atoms with van der Waals surface area (Å²) in [5.41, 5.74) is 0.425. The fourth-order valence-electron chi connectivity index (χ4n) is 2.24. The van der Waals surface area contributed by atoms with Gasteiger partial charge in [0.25, 0.3) is 5.91 Å². The van der Waals surface area contributed by atoms with Crippen molar-refractivity contribution in [2.75, 3.05) is 5.75 Å². The molecule has 0 spiro atoms. The van der Waals surface area contributed by atoms with Crippen LogP contribution >= 0.6 is 11.8 Å². The van der Waals surface area contributed by atoms with E-state index in [1.165, 1.54) is 17.3 Å². The Bertz CT molecular complexity index is 472. The zero-order chi connectivity index (χ0) is 12.7. The molecule has 2 aliphatic rings. The molecule has 2 atom stereocenters. The molecule has 1 aromatic rings. The number of hydrogen-bond acceptors (Lipinski definition) is 4. The summed E-state index contributed by atoms with van der Waals surface area (Å²) < 4.78 is 0. The minimum absolute atomic E-state index is 0.00787. The normalized spacial score (nSPS) is 27.4. The van der Waals surface area contributed by atoms with Crippen LogP contribution in [0.2, 0.25) is 0 Å². The van der Waals surface area contributed by atoms with Gasteiger partial charge in [-0.2, -0.15) is 5.10 Å². The van der Waals surface area contributed by atoms with E-state index in [0.29, 0.717) is 17.2 Å². The van der Waals surface area contributed by atoms with Crippen LogP contribution in [0.5, 0.6) is 0 Å². The molecule has 96 valence electrons. The van der Waals surface area contributed by atoms with Gasteiger partial charge >= 0.3 is 5.97 Å². The zero-order valence-corrected chi connectivity index (χ0v) is 10.4. The van der Waals surface area contributed by atoms with Crippen LogP contribution in [-0.2, 0) is 4.79 Å². The SMILES string of the molecule is O=C(O)C1CSC(C2CC2)N1C(=O)c1cn[nH]c1. The average Bonchev–Trinajstić information content (AvgIpc) is 2.91. The van der Waals surface area contributed by atoms with Crippen molar-refractivity contribution in [3.05, 3.63) is 18.0 Å². The molecule has 7 heteroatoms. The lowest BCUT2D eigenvalue weighted by Gasteiger charge is -2.26. The Morgan fingerprint density at radius 1 is 1.50 bits per heavy atom. The Kier molecular flexibility index (Phi) is 2.77. The molecule has 2 unspecified atom stereocenters. The van der Waals surface area contributed by atoms with E-state index in [9.17, 15) is 14.7 Å². The maximum absolute atomic E-state index is 12.4. The highest BCUT2D eigenvalue weighted by atomic mass is 32.2. The maximum atomic E-state index is 12.4. The molecule has 1 saturated heterocycles. The highest BCUT2D eigenvalue weighted by molar-refractivity contribution is 8.00. The first-order valence-corrected chi connectivity index (χ1v) is 6.89. The number of carboxylic acids is 1. The summed E-state index contributed by atoms with van der Waals surface area (Å²) in [6, 6.07) is -0.719. The van der Waals surface area contributed by atoms with E-state index in [1.54, 1.807) is 11.8 Å². The van der Waals surface area contributed by atoms with Crippen LogP contribution in [0.15, 0.2) is 12.4 Å². The number of thioether (sulfide) groups is 1. The van der Waals surface area contributed by atoms with Gasteiger partial charge in [0.15, 0.2) is 0 Å². The van der Waals surface area contributed by atoms with Gasteiger partial charge in [-0.25, -0.2) is 4.79 Å². The van der Waals surface area contributed by atoms with Crippen molar-refractivity contribution in [2.24, 2.45) is 5.92 Å². The van der Waals surface area contributed by atoms with Gasteiger partial charge in [0.05, 0.1) is 17.1 Å². The van der Waals surface area contributed by atoms with Gasteiger partial charge in [0.1, 0.15) is 6.04 Å². The molecule has 1 aliphatic heterocycles. The average molecular weight is 267 g/mol. The number of H-pyrrole nitrogens is 1. The van der Waals surface area contributed by atoms with Gasteiger partial charge in [-0.05, 0) is 18.8 Å². The van der Waals surface area contributed by atoms with Gasteiger partial charge in [-0.1, -0.05) is 0 Å². The molecule has 2 heterocycles. The maximum Gasteiger partial charge on any atom is 0.327 e.